The molecule has 0 heterocycles. The zero-order valence-corrected chi connectivity index (χ0v) is 11.2. The van der Waals surface area contributed by atoms with Crippen LogP contribution in [0.25, 0.3) is 0 Å². The van der Waals surface area contributed by atoms with Crippen LogP contribution in [0.1, 0.15) is 25.8 Å². The lowest BCUT2D eigenvalue weighted by Gasteiger charge is -2.24. The van der Waals surface area contributed by atoms with E-state index in [0.717, 1.165) is 15.8 Å². The number of carboxylic acids is 1. The summed E-state index contributed by atoms with van der Waals surface area (Å²) in [5, 5.41) is 8.86. The molecule has 4 heteroatoms. The molecule has 0 unspecified atom stereocenters. The predicted octanol–water partition coefficient (Wildman–Crippen LogP) is 3.21. The third-order valence-electron chi connectivity index (χ3n) is 2.50. The molecule has 16 heavy (non-hydrogen) atoms. The Hall–Kier alpha value is -1.03. The molecule has 88 valence electrons. The smallest absolute Gasteiger partial charge is 0.304 e. The highest BCUT2D eigenvalue weighted by molar-refractivity contribution is 9.10. The molecule has 0 bridgehead atoms. The highest BCUT2D eigenvalue weighted by Crippen LogP contribution is 2.34. The van der Waals surface area contributed by atoms with Crippen molar-refractivity contribution in [2.24, 2.45) is 0 Å². The summed E-state index contributed by atoms with van der Waals surface area (Å²) >= 11 is 3.44. The number of ether oxygens (including phenoxy) is 1. The van der Waals surface area contributed by atoms with Crippen molar-refractivity contribution in [2.45, 2.75) is 25.7 Å². The first-order chi connectivity index (χ1) is 7.36. The van der Waals surface area contributed by atoms with Gasteiger partial charge in [-0.15, -0.1) is 0 Å². The molecule has 3 nitrogen and oxygen atoms in total. The lowest BCUT2D eigenvalue weighted by atomic mass is 9.81. The fourth-order valence-electron chi connectivity index (χ4n) is 1.64. The van der Waals surface area contributed by atoms with Gasteiger partial charge in [0.05, 0.1) is 13.5 Å². The van der Waals surface area contributed by atoms with E-state index in [1.54, 1.807) is 7.11 Å². The molecule has 0 saturated carbocycles. The van der Waals surface area contributed by atoms with Crippen molar-refractivity contribution in [1.82, 2.24) is 0 Å². The number of carboxylic acid groups (broad SMARTS) is 1. The second-order valence-electron chi connectivity index (χ2n) is 4.30. The number of benzene rings is 1. The number of aliphatic carboxylic acids is 1. The van der Waals surface area contributed by atoms with Crippen molar-refractivity contribution in [3.8, 4) is 5.75 Å². The second-order valence-corrected chi connectivity index (χ2v) is 5.15. The molecular weight excluding hydrogens is 272 g/mol. The maximum Gasteiger partial charge on any atom is 0.304 e. The zero-order chi connectivity index (χ0) is 12.3. The van der Waals surface area contributed by atoms with E-state index in [9.17, 15) is 4.79 Å². The van der Waals surface area contributed by atoms with Crippen molar-refractivity contribution < 1.29 is 14.6 Å². The molecular formula is C12H15BrO3. The SMILES string of the molecule is COc1ccc(C(C)(C)CC(=O)O)c(Br)c1. The Labute approximate surface area is 104 Å². The first-order valence-electron chi connectivity index (χ1n) is 4.92. The lowest BCUT2D eigenvalue weighted by molar-refractivity contribution is -0.138. The Morgan fingerprint density at radius 1 is 1.50 bits per heavy atom. The molecule has 1 aromatic rings. The predicted molar refractivity (Wildman–Crippen MR) is 66.0 cm³/mol. The Morgan fingerprint density at radius 3 is 2.56 bits per heavy atom. The van der Waals surface area contributed by atoms with Gasteiger partial charge >= 0.3 is 5.97 Å². The standard InChI is InChI=1S/C12H15BrO3/c1-12(2,7-11(14)15)9-5-4-8(16-3)6-10(9)13/h4-6H,7H2,1-3H3,(H,14,15). The molecule has 0 atom stereocenters. The number of rotatable bonds is 4. The van der Waals surface area contributed by atoms with E-state index in [4.69, 9.17) is 9.84 Å². The summed E-state index contributed by atoms with van der Waals surface area (Å²) in [6.45, 7) is 3.82. The van der Waals surface area contributed by atoms with Crippen molar-refractivity contribution in [3.63, 3.8) is 0 Å². The van der Waals surface area contributed by atoms with Gasteiger partial charge in [0.15, 0.2) is 0 Å². The Kier molecular flexibility index (Phi) is 3.97. The largest absolute Gasteiger partial charge is 0.497 e. The number of hydrogen-bond donors (Lipinski definition) is 1. The first kappa shape index (κ1) is 13.0. The van der Waals surface area contributed by atoms with Crippen molar-refractivity contribution in [2.75, 3.05) is 7.11 Å². The van der Waals surface area contributed by atoms with Crippen LogP contribution < -0.4 is 4.74 Å². The minimum Gasteiger partial charge on any atom is -0.497 e. The van der Waals surface area contributed by atoms with Gasteiger partial charge in [0.25, 0.3) is 0 Å². The number of halogens is 1. The van der Waals surface area contributed by atoms with E-state index in [1.807, 2.05) is 32.0 Å². The summed E-state index contributed by atoms with van der Waals surface area (Å²) in [4.78, 5) is 10.8. The number of methoxy groups -OCH3 is 1. The van der Waals surface area contributed by atoms with Crippen LogP contribution in [0.3, 0.4) is 0 Å². The molecule has 0 aromatic heterocycles. The van der Waals surface area contributed by atoms with Crippen LogP contribution in [0.5, 0.6) is 5.75 Å². The fraction of sp³-hybridized carbons (Fsp3) is 0.417. The van der Waals surface area contributed by atoms with Crippen molar-refractivity contribution >= 4 is 21.9 Å². The highest BCUT2D eigenvalue weighted by atomic mass is 79.9. The third kappa shape index (κ3) is 2.98. The maximum absolute atomic E-state index is 10.8. The van der Waals surface area contributed by atoms with E-state index < -0.39 is 11.4 Å². The summed E-state index contributed by atoms with van der Waals surface area (Å²) in [7, 11) is 1.60. The fourth-order valence-corrected chi connectivity index (χ4v) is 2.54. The quantitative estimate of drug-likeness (QED) is 0.925. The van der Waals surface area contributed by atoms with Crippen LogP contribution in [0.15, 0.2) is 22.7 Å². The van der Waals surface area contributed by atoms with Crippen LogP contribution in [0, 0.1) is 0 Å². The van der Waals surface area contributed by atoms with Gasteiger partial charge in [-0.2, -0.15) is 0 Å². The van der Waals surface area contributed by atoms with Gasteiger partial charge in [-0.3, -0.25) is 4.79 Å². The van der Waals surface area contributed by atoms with Crippen LogP contribution in [0.2, 0.25) is 0 Å². The third-order valence-corrected chi connectivity index (χ3v) is 3.15. The number of hydrogen-bond acceptors (Lipinski definition) is 2. The highest BCUT2D eigenvalue weighted by Gasteiger charge is 2.26. The monoisotopic (exact) mass is 286 g/mol. The number of carbonyl (C=O) groups is 1. The summed E-state index contributed by atoms with van der Waals surface area (Å²) < 4.78 is 5.97. The van der Waals surface area contributed by atoms with Gasteiger partial charge in [0, 0.05) is 9.89 Å². The minimum absolute atomic E-state index is 0.0952. The molecule has 0 aliphatic carbocycles. The molecule has 0 amide bonds. The summed E-state index contributed by atoms with van der Waals surface area (Å²) in [5.41, 5.74) is 0.562. The van der Waals surface area contributed by atoms with E-state index >= 15 is 0 Å². The summed E-state index contributed by atoms with van der Waals surface area (Å²) in [6, 6.07) is 5.58. The minimum atomic E-state index is -0.798. The molecule has 0 radical (unpaired) electrons. The van der Waals surface area contributed by atoms with E-state index in [2.05, 4.69) is 15.9 Å². The Bertz CT molecular complexity index is 399. The zero-order valence-electron chi connectivity index (χ0n) is 9.58. The van der Waals surface area contributed by atoms with Gasteiger partial charge in [0.2, 0.25) is 0 Å². The van der Waals surface area contributed by atoms with Crippen molar-refractivity contribution in [3.05, 3.63) is 28.2 Å². The Balaban J connectivity index is 3.08. The van der Waals surface area contributed by atoms with Crippen molar-refractivity contribution in [1.29, 1.82) is 0 Å². The maximum atomic E-state index is 10.8. The summed E-state index contributed by atoms with van der Waals surface area (Å²) in [6.07, 6.45) is 0.0952. The molecule has 0 aliphatic heterocycles. The van der Waals surface area contributed by atoms with Crippen LogP contribution in [-0.4, -0.2) is 18.2 Å². The lowest BCUT2D eigenvalue weighted by Crippen LogP contribution is -2.22. The van der Waals surface area contributed by atoms with Gasteiger partial charge in [-0.25, -0.2) is 0 Å². The van der Waals surface area contributed by atoms with E-state index in [-0.39, 0.29) is 6.42 Å². The Morgan fingerprint density at radius 2 is 2.12 bits per heavy atom. The molecule has 0 aliphatic rings. The summed E-state index contributed by atoms with van der Waals surface area (Å²) in [5.74, 6) is -0.0468. The molecule has 1 rings (SSSR count). The molecule has 0 fully saturated rings. The average Bonchev–Trinajstić information content (AvgIpc) is 2.14. The molecule has 0 spiro atoms. The van der Waals surface area contributed by atoms with Crippen LogP contribution >= 0.6 is 15.9 Å². The topological polar surface area (TPSA) is 46.5 Å². The molecule has 1 N–H and O–H groups in total. The molecule has 1 aromatic carbocycles. The van der Waals surface area contributed by atoms with Gasteiger partial charge in [0.1, 0.15) is 5.75 Å². The van der Waals surface area contributed by atoms with E-state index in [1.165, 1.54) is 0 Å². The second kappa shape index (κ2) is 4.87. The first-order valence-corrected chi connectivity index (χ1v) is 5.72. The van der Waals surface area contributed by atoms with Gasteiger partial charge in [-0.05, 0) is 17.7 Å². The van der Waals surface area contributed by atoms with Crippen LogP contribution in [0.4, 0.5) is 0 Å². The average molecular weight is 287 g/mol. The van der Waals surface area contributed by atoms with E-state index in [0.29, 0.717) is 0 Å². The van der Waals surface area contributed by atoms with Crippen LogP contribution in [-0.2, 0) is 10.2 Å². The molecule has 0 saturated heterocycles. The van der Waals surface area contributed by atoms with Gasteiger partial charge < -0.3 is 9.84 Å². The van der Waals surface area contributed by atoms with Gasteiger partial charge in [-0.1, -0.05) is 35.8 Å². The normalized spacial score (nSPS) is 11.2.